The maximum Gasteiger partial charge on any atom is 0.358 e. The molecule has 3 heterocycles. The molecule has 0 bridgehead atoms. The number of aryl methyl sites for hydroxylation is 3. The number of thiazole rings is 1. The third-order valence-electron chi connectivity index (χ3n) is 4.67. The van der Waals surface area contributed by atoms with E-state index in [1.165, 1.54) is 27.3 Å². The number of benzene rings is 1. The van der Waals surface area contributed by atoms with Gasteiger partial charge in [-0.1, -0.05) is 38.1 Å². The molecule has 0 N–H and O–H groups in total. The van der Waals surface area contributed by atoms with Gasteiger partial charge in [0.2, 0.25) is 0 Å². The molecule has 0 atom stereocenters. The van der Waals surface area contributed by atoms with Gasteiger partial charge in [-0.2, -0.15) is 0 Å². The smallest absolute Gasteiger partial charge is 0.358 e. The normalized spacial score (nSPS) is 11.0. The van der Waals surface area contributed by atoms with Gasteiger partial charge in [-0.25, -0.2) is 9.78 Å². The molecule has 0 aliphatic heterocycles. The van der Waals surface area contributed by atoms with Crippen molar-refractivity contribution in [3.8, 4) is 21.3 Å². The summed E-state index contributed by atoms with van der Waals surface area (Å²) in [4.78, 5) is 19.0. The number of nitrogens with zero attached hydrogens (tertiary/aromatic N) is 3. The Hall–Kier alpha value is -2.84. The number of ether oxygens (including phenoxy) is 1. The van der Waals surface area contributed by atoms with Crippen molar-refractivity contribution in [3.05, 3.63) is 63.3 Å². The lowest BCUT2D eigenvalue weighted by Crippen LogP contribution is -2.05. The van der Waals surface area contributed by atoms with Crippen LogP contribution in [0.3, 0.4) is 0 Å². The Labute approximate surface area is 182 Å². The van der Waals surface area contributed by atoms with Crippen molar-refractivity contribution in [1.29, 1.82) is 0 Å². The van der Waals surface area contributed by atoms with E-state index in [0.717, 1.165) is 28.3 Å². The Balaban J connectivity index is 1.39. The van der Waals surface area contributed by atoms with E-state index >= 15 is 0 Å². The summed E-state index contributed by atoms with van der Waals surface area (Å²) in [5.41, 5.74) is 3.73. The Morgan fingerprint density at radius 2 is 1.93 bits per heavy atom. The summed E-state index contributed by atoms with van der Waals surface area (Å²) in [6.45, 7) is 6.21. The molecule has 0 amide bonds. The maximum atomic E-state index is 12.4. The minimum absolute atomic E-state index is 0.0884. The van der Waals surface area contributed by atoms with Crippen molar-refractivity contribution < 1.29 is 13.9 Å². The number of hydrogen-bond acceptors (Lipinski definition) is 8. The van der Waals surface area contributed by atoms with Crippen molar-refractivity contribution >= 4 is 28.6 Å². The van der Waals surface area contributed by atoms with Gasteiger partial charge >= 0.3 is 5.97 Å². The summed E-state index contributed by atoms with van der Waals surface area (Å²) in [5.74, 6) is 0.191. The zero-order valence-corrected chi connectivity index (χ0v) is 18.6. The molecule has 3 aromatic heterocycles. The van der Waals surface area contributed by atoms with E-state index in [2.05, 4.69) is 48.1 Å². The van der Waals surface area contributed by atoms with E-state index in [-0.39, 0.29) is 18.2 Å². The molecular weight excluding hydrogens is 418 g/mol. The molecule has 0 radical (unpaired) electrons. The maximum absolute atomic E-state index is 12.4. The molecule has 0 saturated carbocycles. The highest BCUT2D eigenvalue weighted by atomic mass is 32.1. The van der Waals surface area contributed by atoms with Crippen molar-refractivity contribution in [2.24, 2.45) is 0 Å². The molecule has 0 fully saturated rings. The highest BCUT2D eigenvalue weighted by molar-refractivity contribution is 7.15. The summed E-state index contributed by atoms with van der Waals surface area (Å²) in [7, 11) is 0. The number of rotatable bonds is 7. The summed E-state index contributed by atoms with van der Waals surface area (Å²) in [6, 6.07) is 10.2. The van der Waals surface area contributed by atoms with E-state index < -0.39 is 5.97 Å². The molecule has 0 aliphatic carbocycles. The first kappa shape index (κ1) is 20.4. The monoisotopic (exact) mass is 439 g/mol. The van der Waals surface area contributed by atoms with E-state index in [0.29, 0.717) is 5.89 Å². The van der Waals surface area contributed by atoms with Gasteiger partial charge in [-0.15, -0.1) is 32.9 Å². The zero-order valence-electron chi connectivity index (χ0n) is 17.0. The molecule has 8 heteroatoms. The summed E-state index contributed by atoms with van der Waals surface area (Å²) >= 11 is 3.05. The van der Waals surface area contributed by atoms with Crippen LogP contribution in [0, 0.1) is 6.92 Å². The number of thiophene rings is 1. The summed E-state index contributed by atoms with van der Waals surface area (Å²) in [6.07, 6.45) is 1.95. The van der Waals surface area contributed by atoms with E-state index in [4.69, 9.17) is 9.15 Å². The van der Waals surface area contributed by atoms with Crippen molar-refractivity contribution in [3.63, 3.8) is 0 Å². The van der Waals surface area contributed by atoms with Crippen LogP contribution in [-0.4, -0.2) is 21.2 Å². The first-order valence-corrected chi connectivity index (χ1v) is 11.4. The summed E-state index contributed by atoms with van der Waals surface area (Å²) in [5, 5.41) is 10.5. The molecule has 30 heavy (non-hydrogen) atoms. The van der Waals surface area contributed by atoms with E-state index in [1.54, 1.807) is 16.7 Å². The molecule has 0 aliphatic rings. The van der Waals surface area contributed by atoms with Gasteiger partial charge in [0, 0.05) is 15.8 Å². The van der Waals surface area contributed by atoms with E-state index in [9.17, 15) is 4.79 Å². The van der Waals surface area contributed by atoms with Gasteiger partial charge in [0.1, 0.15) is 5.01 Å². The first-order valence-electron chi connectivity index (χ1n) is 9.71. The highest BCUT2D eigenvalue weighted by Gasteiger charge is 2.17. The van der Waals surface area contributed by atoms with Gasteiger partial charge in [-0.3, -0.25) is 0 Å². The van der Waals surface area contributed by atoms with Crippen LogP contribution in [0.15, 0.2) is 40.1 Å². The molecule has 0 saturated heterocycles. The highest BCUT2D eigenvalue weighted by Crippen LogP contribution is 2.31. The molecule has 0 spiro atoms. The number of carbonyl (C=O) groups excluding carboxylic acids is 1. The second kappa shape index (κ2) is 8.89. The van der Waals surface area contributed by atoms with Crippen molar-refractivity contribution in [2.75, 3.05) is 0 Å². The third-order valence-corrected chi connectivity index (χ3v) is 6.93. The van der Waals surface area contributed by atoms with Gasteiger partial charge < -0.3 is 9.15 Å². The van der Waals surface area contributed by atoms with Crippen LogP contribution < -0.4 is 0 Å². The Kier molecular flexibility index (Phi) is 6.06. The van der Waals surface area contributed by atoms with Gasteiger partial charge in [0.25, 0.3) is 11.8 Å². The average Bonchev–Trinajstić information content (AvgIpc) is 3.51. The summed E-state index contributed by atoms with van der Waals surface area (Å²) < 4.78 is 11.0. The van der Waals surface area contributed by atoms with Crippen LogP contribution >= 0.6 is 22.7 Å². The molecule has 0 unspecified atom stereocenters. The average molecular weight is 440 g/mol. The van der Waals surface area contributed by atoms with Crippen molar-refractivity contribution in [1.82, 2.24) is 15.2 Å². The van der Waals surface area contributed by atoms with Crippen molar-refractivity contribution in [2.45, 2.75) is 40.2 Å². The second-order valence-corrected chi connectivity index (χ2v) is 8.73. The molecule has 6 nitrogen and oxygen atoms in total. The topological polar surface area (TPSA) is 78.1 Å². The Bertz CT molecular complexity index is 1160. The minimum Gasteiger partial charge on any atom is -0.451 e. The fourth-order valence-electron chi connectivity index (χ4n) is 2.97. The fourth-order valence-corrected chi connectivity index (χ4v) is 4.80. The SMILES string of the molecule is CCc1ccc(-c2nc(C(=O)OCc3nnc(-c4cc(C)c(CC)s4)o3)cs2)cc1. The molecule has 1 aromatic carbocycles. The van der Waals surface area contributed by atoms with Crippen LogP contribution in [0.2, 0.25) is 0 Å². The Morgan fingerprint density at radius 1 is 1.13 bits per heavy atom. The number of carbonyl (C=O) groups is 1. The second-order valence-electron chi connectivity index (χ2n) is 6.74. The molecule has 154 valence electrons. The molecule has 4 aromatic rings. The lowest BCUT2D eigenvalue weighted by molar-refractivity contribution is 0.0433. The van der Waals surface area contributed by atoms with Crippen LogP contribution in [0.1, 0.15) is 46.2 Å². The first-order chi connectivity index (χ1) is 14.6. The third kappa shape index (κ3) is 4.34. The number of esters is 1. The van der Waals surface area contributed by atoms with Crippen LogP contribution in [0.5, 0.6) is 0 Å². The zero-order chi connectivity index (χ0) is 21.1. The largest absolute Gasteiger partial charge is 0.451 e. The van der Waals surface area contributed by atoms with Crippen LogP contribution in [-0.2, 0) is 24.2 Å². The van der Waals surface area contributed by atoms with Gasteiger partial charge in [0.05, 0.1) is 4.88 Å². The van der Waals surface area contributed by atoms with Gasteiger partial charge in [-0.05, 0) is 37.0 Å². The standard InChI is InChI=1S/C22H21N3O3S2/c1-4-14-6-8-15(9-7-14)21-23-16(12-29-21)22(26)27-11-19-24-25-20(28-19)18-10-13(3)17(5-2)30-18/h6-10,12H,4-5,11H2,1-3H3. The van der Waals surface area contributed by atoms with Crippen LogP contribution in [0.4, 0.5) is 0 Å². The lowest BCUT2D eigenvalue weighted by Gasteiger charge is -2.00. The predicted octanol–water partition coefficient (Wildman–Crippen LogP) is 5.71. The fraction of sp³-hybridized carbons (Fsp3) is 0.273. The quantitative estimate of drug-likeness (QED) is 0.343. The Morgan fingerprint density at radius 3 is 2.63 bits per heavy atom. The number of hydrogen-bond donors (Lipinski definition) is 0. The minimum atomic E-state index is -0.511. The molecule has 4 rings (SSSR count). The number of aromatic nitrogens is 3. The lowest BCUT2D eigenvalue weighted by atomic mass is 10.1. The van der Waals surface area contributed by atoms with Gasteiger partial charge in [0.15, 0.2) is 12.3 Å². The van der Waals surface area contributed by atoms with E-state index in [1.807, 2.05) is 18.2 Å². The predicted molar refractivity (Wildman–Crippen MR) is 118 cm³/mol. The van der Waals surface area contributed by atoms with Crippen LogP contribution in [0.25, 0.3) is 21.3 Å². The molecular formula is C22H21N3O3S2.